The number of carbonyl (C=O) groups is 4. The summed E-state index contributed by atoms with van der Waals surface area (Å²) in [6.45, 7) is 9.29. The highest BCUT2D eigenvalue weighted by Gasteiger charge is 2.88. The Morgan fingerprint density at radius 2 is 1.77 bits per heavy atom. The molecule has 8 atom stereocenters. The van der Waals surface area contributed by atoms with Gasteiger partial charge in [-0.15, -0.1) is 0 Å². The topological polar surface area (TPSA) is 120 Å². The van der Waals surface area contributed by atoms with Gasteiger partial charge in [0.1, 0.15) is 17.0 Å². The third-order valence-electron chi connectivity index (χ3n) is 9.39. The summed E-state index contributed by atoms with van der Waals surface area (Å²) in [5, 5.41) is 9.83. The number of fused-ring (bicyclic) bond motifs is 3. The summed E-state index contributed by atoms with van der Waals surface area (Å²) < 4.78 is 17.0. The van der Waals surface area contributed by atoms with E-state index in [-0.39, 0.29) is 24.0 Å². The first-order chi connectivity index (χ1) is 14.3. The molecule has 0 radical (unpaired) electrons. The van der Waals surface area contributed by atoms with E-state index in [0.29, 0.717) is 12.8 Å². The van der Waals surface area contributed by atoms with Crippen molar-refractivity contribution in [3.63, 3.8) is 0 Å². The smallest absolute Gasteiger partial charge is 0.345 e. The number of allylic oxidation sites excluding steroid dienone is 1. The molecule has 2 saturated carbocycles. The van der Waals surface area contributed by atoms with Crippen molar-refractivity contribution in [3.8, 4) is 0 Å². The number of cyclic esters (lactones) is 2. The number of ketones is 1. The second kappa shape index (κ2) is 5.57. The Balaban J connectivity index is 1.70. The molecule has 1 spiro atoms. The lowest BCUT2D eigenvalue weighted by Crippen LogP contribution is -2.73. The van der Waals surface area contributed by atoms with Crippen molar-refractivity contribution < 1.29 is 38.5 Å². The average molecular weight is 432 g/mol. The van der Waals surface area contributed by atoms with E-state index in [1.165, 1.54) is 6.08 Å². The highest BCUT2D eigenvalue weighted by molar-refractivity contribution is 5.95. The molecular formula is C23H28O8. The maximum atomic E-state index is 13.9. The number of hydrogen-bond donors (Lipinski definition) is 1. The van der Waals surface area contributed by atoms with Gasteiger partial charge in [-0.05, 0) is 44.9 Å². The van der Waals surface area contributed by atoms with Gasteiger partial charge in [0.15, 0.2) is 6.10 Å². The molecule has 168 valence electrons. The minimum atomic E-state index is -1.37. The lowest BCUT2D eigenvalue weighted by Gasteiger charge is -2.64. The van der Waals surface area contributed by atoms with E-state index in [1.54, 1.807) is 6.92 Å². The third-order valence-corrected chi connectivity index (χ3v) is 9.39. The molecule has 5 aliphatic rings. The highest BCUT2D eigenvalue weighted by atomic mass is 16.7. The minimum Gasteiger partial charge on any atom is -0.478 e. The largest absolute Gasteiger partial charge is 0.478 e. The average Bonchev–Trinajstić information content (AvgIpc) is 3.43. The Labute approximate surface area is 180 Å². The van der Waals surface area contributed by atoms with Crippen LogP contribution in [0.5, 0.6) is 0 Å². The number of epoxide rings is 1. The summed E-state index contributed by atoms with van der Waals surface area (Å²) in [6, 6.07) is 0. The third kappa shape index (κ3) is 2.10. The van der Waals surface area contributed by atoms with Crippen LogP contribution in [0.4, 0.5) is 0 Å². The first-order valence-electron chi connectivity index (χ1n) is 10.8. The fourth-order valence-electron chi connectivity index (χ4n) is 7.96. The zero-order chi connectivity index (χ0) is 22.8. The number of aliphatic carboxylic acids is 1. The first kappa shape index (κ1) is 20.7. The fourth-order valence-corrected chi connectivity index (χ4v) is 7.96. The van der Waals surface area contributed by atoms with Gasteiger partial charge in [0.2, 0.25) is 6.10 Å². The Morgan fingerprint density at radius 1 is 1.10 bits per heavy atom. The summed E-state index contributed by atoms with van der Waals surface area (Å²) in [4.78, 5) is 50.8. The molecule has 0 aromatic carbocycles. The minimum absolute atomic E-state index is 0.0772. The SMILES string of the molecule is CC1(C)OC(=O)C=C[C@]2(C)[C@H]3CC[C@@]4(C)[C@H](C(=O)O)OC(=O)[C@H]5O[C@]54[C@]3(C)C(=O)C[C@@H]12. The molecule has 3 aliphatic heterocycles. The molecule has 1 N–H and O–H groups in total. The Bertz CT molecular complexity index is 967. The summed E-state index contributed by atoms with van der Waals surface area (Å²) in [6.07, 6.45) is 2.08. The Morgan fingerprint density at radius 3 is 2.42 bits per heavy atom. The number of carbonyl (C=O) groups excluding carboxylic acids is 3. The monoisotopic (exact) mass is 432 g/mol. The maximum absolute atomic E-state index is 13.9. The summed E-state index contributed by atoms with van der Waals surface area (Å²) in [5.41, 5.74) is -4.80. The van der Waals surface area contributed by atoms with E-state index in [4.69, 9.17) is 14.2 Å². The summed E-state index contributed by atoms with van der Waals surface area (Å²) in [5.74, 6) is -2.98. The molecule has 8 nitrogen and oxygen atoms in total. The molecule has 31 heavy (non-hydrogen) atoms. The molecule has 4 fully saturated rings. The maximum Gasteiger partial charge on any atom is 0.345 e. The van der Waals surface area contributed by atoms with E-state index < -0.39 is 57.6 Å². The number of esters is 2. The van der Waals surface area contributed by atoms with E-state index in [1.807, 2.05) is 33.8 Å². The summed E-state index contributed by atoms with van der Waals surface area (Å²) in [7, 11) is 0. The number of ether oxygens (including phenoxy) is 3. The molecule has 0 unspecified atom stereocenters. The number of hydrogen-bond acceptors (Lipinski definition) is 7. The quantitative estimate of drug-likeness (QED) is 0.494. The number of carboxylic acids is 1. The second-order valence-electron chi connectivity index (χ2n) is 11.0. The van der Waals surface area contributed by atoms with Crippen LogP contribution < -0.4 is 0 Å². The Hall–Kier alpha value is -2.22. The van der Waals surface area contributed by atoms with E-state index in [0.717, 1.165) is 0 Å². The molecule has 0 aromatic rings. The van der Waals surface area contributed by atoms with Gasteiger partial charge in [0, 0.05) is 23.8 Å². The van der Waals surface area contributed by atoms with Crippen LogP contribution in [0.15, 0.2) is 12.2 Å². The predicted molar refractivity (Wildman–Crippen MR) is 105 cm³/mol. The molecule has 0 amide bonds. The van der Waals surface area contributed by atoms with Crippen LogP contribution in [0.2, 0.25) is 0 Å². The van der Waals surface area contributed by atoms with Crippen molar-refractivity contribution in [3.05, 3.63) is 12.2 Å². The van der Waals surface area contributed by atoms with Gasteiger partial charge in [-0.25, -0.2) is 14.4 Å². The van der Waals surface area contributed by atoms with Crippen molar-refractivity contribution in [2.24, 2.45) is 28.1 Å². The van der Waals surface area contributed by atoms with Gasteiger partial charge < -0.3 is 19.3 Å². The molecule has 8 heteroatoms. The van der Waals surface area contributed by atoms with Gasteiger partial charge >= 0.3 is 17.9 Å². The first-order valence-corrected chi connectivity index (χ1v) is 10.8. The highest BCUT2D eigenvalue weighted by Crippen LogP contribution is 2.76. The van der Waals surface area contributed by atoms with Gasteiger partial charge in [-0.1, -0.05) is 19.9 Å². The van der Waals surface area contributed by atoms with E-state index >= 15 is 0 Å². The zero-order valence-electron chi connectivity index (χ0n) is 18.4. The van der Waals surface area contributed by atoms with Crippen molar-refractivity contribution in [2.75, 3.05) is 0 Å². The van der Waals surface area contributed by atoms with Crippen molar-refractivity contribution in [2.45, 2.75) is 77.3 Å². The second-order valence-corrected chi connectivity index (χ2v) is 11.0. The van der Waals surface area contributed by atoms with Gasteiger partial charge in [-0.3, -0.25) is 4.79 Å². The van der Waals surface area contributed by atoms with Crippen molar-refractivity contribution in [1.29, 1.82) is 0 Å². The van der Waals surface area contributed by atoms with Gasteiger partial charge in [-0.2, -0.15) is 0 Å². The van der Waals surface area contributed by atoms with Crippen LogP contribution in [0, 0.1) is 28.1 Å². The van der Waals surface area contributed by atoms with Crippen LogP contribution in [0.1, 0.15) is 53.9 Å². The van der Waals surface area contributed by atoms with Gasteiger partial charge in [0.25, 0.3) is 0 Å². The van der Waals surface area contributed by atoms with Crippen LogP contribution in [-0.2, 0) is 33.4 Å². The van der Waals surface area contributed by atoms with Gasteiger partial charge in [0.05, 0.1) is 5.41 Å². The van der Waals surface area contributed by atoms with Crippen molar-refractivity contribution >= 4 is 23.7 Å². The predicted octanol–water partition coefficient (Wildman–Crippen LogP) is 2.04. The molecule has 0 bridgehead atoms. The molecule has 2 saturated heterocycles. The summed E-state index contributed by atoms with van der Waals surface area (Å²) >= 11 is 0. The van der Waals surface area contributed by atoms with Crippen LogP contribution in [0.25, 0.3) is 0 Å². The lowest BCUT2D eigenvalue weighted by atomic mass is 9.38. The standard InChI is InChI=1S/C23H28O8/c1-19(2)12-10-13(24)22(5)11(20(12,3)8-7-14(25)30-19)6-9-21(4)15(17(26)27)29-18(28)16-23(21,22)31-16/h7-8,11-12,15-16H,6,9-10H2,1-5H3,(H,26,27)/t11-,12+,15+,16-,20-,21+,22+,23-/m1/s1. The molecule has 5 rings (SSSR count). The number of carboxylic acid groups (broad SMARTS) is 1. The number of Topliss-reactive ketones (excluding diaryl/α,β-unsaturated/α-hetero) is 1. The molecule has 2 aliphatic carbocycles. The van der Waals surface area contributed by atoms with E-state index in [2.05, 4.69) is 0 Å². The molecule has 3 heterocycles. The molecule has 0 aromatic heterocycles. The number of rotatable bonds is 1. The van der Waals surface area contributed by atoms with Crippen LogP contribution in [0.3, 0.4) is 0 Å². The fraction of sp³-hybridized carbons (Fsp3) is 0.739. The Kier molecular flexibility index (Phi) is 3.72. The normalized spacial score (nSPS) is 51.8. The van der Waals surface area contributed by atoms with Crippen LogP contribution in [-0.4, -0.2) is 52.2 Å². The molecular weight excluding hydrogens is 404 g/mol. The van der Waals surface area contributed by atoms with Crippen molar-refractivity contribution in [1.82, 2.24) is 0 Å². The van der Waals surface area contributed by atoms with E-state index in [9.17, 15) is 24.3 Å². The van der Waals surface area contributed by atoms with Crippen LogP contribution >= 0.6 is 0 Å². The lowest BCUT2D eigenvalue weighted by molar-refractivity contribution is -0.218. The zero-order valence-corrected chi connectivity index (χ0v) is 18.4.